The highest BCUT2D eigenvalue weighted by molar-refractivity contribution is 5.94. The van der Waals surface area contributed by atoms with Crippen LogP contribution in [0.15, 0.2) is 28.8 Å². The Hall–Kier alpha value is -2.37. The second-order valence-electron chi connectivity index (χ2n) is 4.75. The van der Waals surface area contributed by atoms with Crippen molar-refractivity contribution in [2.45, 2.75) is 19.8 Å². The number of aromatic nitrogens is 2. The molecule has 1 aromatic heterocycles. The molecule has 0 spiro atoms. The topological polar surface area (TPSA) is 71.3 Å². The van der Waals surface area contributed by atoms with E-state index >= 15 is 0 Å². The van der Waals surface area contributed by atoms with Gasteiger partial charge in [-0.1, -0.05) is 23.4 Å². The first-order valence-electron chi connectivity index (χ1n) is 6.66. The molecule has 20 heavy (non-hydrogen) atoms. The van der Waals surface area contributed by atoms with Gasteiger partial charge in [0.1, 0.15) is 0 Å². The average molecular weight is 272 g/mol. The zero-order valence-corrected chi connectivity index (χ0v) is 11.3. The Morgan fingerprint density at radius 2 is 2.30 bits per heavy atom. The van der Waals surface area contributed by atoms with Crippen LogP contribution in [0.1, 0.15) is 17.3 Å². The predicted molar refractivity (Wildman–Crippen MR) is 73.6 cm³/mol. The number of nitrogens with one attached hydrogen (secondary N) is 1. The molecule has 0 saturated heterocycles. The van der Waals surface area contributed by atoms with Crippen molar-refractivity contribution in [2.24, 2.45) is 0 Å². The Balaban J connectivity index is 1.55. The smallest absolute Gasteiger partial charge is 0.321 e. The summed E-state index contributed by atoms with van der Waals surface area (Å²) in [5.74, 6) is 1.16. The Kier molecular flexibility index (Phi) is 3.37. The summed E-state index contributed by atoms with van der Waals surface area (Å²) in [6, 6.07) is 7.91. The SMILES string of the molecule is Cc1noc(CCNC(=O)N2CCc3ccccc32)n1. The average Bonchev–Trinajstić information content (AvgIpc) is 3.05. The van der Waals surface area contributed by atoms with E-state index in [4.69, 9.17) is 4.52 Å². The highest BCUT2D eigenvalue weighted by Crippen LogP contribution is 2.27. The lowest BCUT2D eigenvalue weighted by atomic mass is 10.2. The van der Waals surface area contributed by atoms with Gasteiger partial charge in [-0.3, -0.25) is 4.90 Å². The zero-order chi connectivity index (χ0) is 13.9. The zero-order valence-electron chi connectivity index (χ0n) is 11.3. The van der Waals surface area contributed by atoms with Gasteiger partial charge < -0.3 is 9.84 Å². The minimum absolute atomic E-state index is 0.0776. The fourth-order valence-electron chi connectivity index (χ4n) is 2.36. The van der Waals surface area contributed by atoms with E-state index in [0.29, 0.717) is 24.7 Å². The maximum absolute atomic E-state index is 12.2. The first kappa shape index (κ1) is 12.7. The van der Waals surface area contributed by atoms with E-state index in [-0.39, 0.29) is 6.03 Å². The molecule has 104 valence electrons. The molecule has 2 heterocycles. The molecule has 0 fully saturated rings. The van der Waals surface area contributed by atoms with E-state index in [1.165, 1.54) is 5.56 Å². The number of nitrogens with zero attached hydrogens (tertiary/aromatic N) is 3. The van der Waals surface area contributed by atoms with E-state index in [0.717, 1.165) is 18.7 Å². The number of carbonyl (C=O) groups excluding carboxylic acids is 1. The summed E-state index contributed by atoms with van der Waals surface area (Å²) in [6.45, 7) is 2.98. The van der Waals surface area contributed by atoms with E-state index in [1.54, 1.807) is 11.8 Å². The molecule has 0 aliphatic carbocycles. The molecule has 0 radical (unpaired) electrons. The fraction of sp³-hybridized carbons (Fsp3) is 0.357. The van der Waals surface area contributed by atoms with Crippen LogP contribution in [0, 0.1) is 6.92 Å². The molecule has 0 bridgehead atoms. The van der Waals surface area contributed by atoms with Crippen molar-refractivity contribution in [3.63, 3.8) is 0 Å². The van der Waals surface area contributed by atoms with Gasteiger partial charge in [-0.25, -0.2) is 4.79 Å². The number of hydrogen-bond acceptors (Lipinski definition) is 4. The molecule has 2 aromatic rings. The summed E-state index contributed by atoms with van der Waals surface area (Å²) in [4.78, 5) is 18.0. The van der Waals surface area contributed by atoms with Gasteiger partial charge in [-0.05, 0) is 25.0 Å². The lowest BCUT2D eigenvalue weighted by Gasteiger charge is -2.17. The summed E-state index contributed by atoms with van der Waals surface area (Å²) >= 11 is 0. The Morgan fingerprint density at radius 1 is 1.45 bits per heavy atom. The number of hydrogen-bond donors (Lipinski definition) is 1. The third-order valence-corrected chi connectivity index (χ3v) is 3.32. The molecule has 3 rings (SSSR count). The standard InChI is InChI=1S/C14H16N4O2/c1-10-16-13(20-17-10)6-8-15-14(19)18-9-7-11-4-2-3-5-12(11)18/h2-5H,6-9H2,1H3,(H,15,19). The van der Waals surface area contributed by atoms with Crippen molar-refractivity contribution >= 4 is 11.7 Å². The highest BCUT2D eigenvalue weighted by atomic mass is 16.5. The van der Waals surface area contributed by atoms with Crippen molar-refractivity contribution in [3.05, 3.63) is 41.5 Å². The molecule has 6 nitrogen and oxygen atoms in total. The van der Waals surface area contributed by atoms with E-state index in [2.05, 4.69) is 21.5 Å². The molecule has 6 heteroatoms. The first-order chi connectivity index (χ1) is 9.74. The minimum Gasteiger partial charge on any atom is -0.339 e. The van der Waals surface area contributed by atoms with Crippen LogP contribution < -0.4 is 10.2 Å². The van der Waals surface area contributed by atoms with Gasteiger partial charge in [0, 0.05) is 25.2 Å². The van der Waals surface area contributed by atoms with Crippen LogP contribution in [0.3, 0.4) is 0 Å². The van der Waals surface area contributed by atoms with E-state index in [1.807, 2.05) is 18.2 Å². The maximum atomic E-state index is 12.2. The molecular formula is C14H16N4O2. The summed E-state index contributed by atoms with van der Waals surface area (Å²) in [5, 5.41) is 6.59. The van der Waals surface area contributed by atoms with Crippen molar-refractivity contribution in [1.82, 2.24) is 15.5 Å². The fourth-order valence-corrected chi connectivity index (χ4v) is 2.36. The van der Waals surface area contributed by atoms with Crippen molar-refractivity contribution in [2.75, 3.05) is 18.0 Å². The first-order valence-corrected chi connectivity index (χ1v) is 6.66. The van der Waals surface area contributed by atoms with Crippen molar-refractivity contribution < 1.29 is 9.32 Å². The van der Waals surface area contributed by atoms with Crippen LogP contribution in [0.4, 0.5) is 10.5 Å². The summed E-state index contributed by atoms with van der Waals surface area (Å²) < 4.78 is 5.00. The van der Waals surface area contributed by atoms with Gasteiger partial charge in [0.25, 0.3) is 0 Å². The third kappa shape index (κ3) is 2.49. The lowest BCUT2D eigenvalue weighted by Crippen LogP contribution is -2.39. The van der Waals surface area contributed by atoms with Gasteiger partial charge in [-0.2, -0.15) is 4.98 Å². The predicted octanol–water partition coefficient (Wildman–Crippen LogP) is 1.69. The van der Waals surface area contributed by atoms with Crippen LogP contribution in [0.25, 0.3) is 0 Å². The van der Waals surface area contributed by atoms with Crippen LogP contribution in [-0.2, 0) is 12.8 Å². The molecule has 2 amide bonds. The Labute approximate surface area is 116 Å². The number of anilines is 1. The quantitative estimate of drug-likeness (QED) is 0.923. The minimum atomic E-state index is -0.0776. The number of urea groups is 1. The molecule has 0 unspecified atom stereocenters. The molecule has 1 aliphatic rings. The molecule has 0 atom stereocenters. The second-order valence-corrected chi connectivity index (χ2v) is 4.75. The monoisotopic (exact) mass is 272 g/mol. The summed E-state index contributed by atoms with van der Waals surface area (Å²) in [5.41, 5.74) is 2.22. The second kappa shape index (κ2) is 5.32. The molecule has 1 aromatic carbocycles. The van der Waals surface area contributed by atoms with Crippen molar-refractivity contribution in [3.8, 4) is 0 Å². The van der Waals surface area contributed by atoms with Gasteiger partial charge in [-0.15, -0.1) is 0 Å². The molecule has 1 N–H and O–H groups in total. The van der Waals surface area contributed by atoms with E-state index in [9.17, 15) is 4.79 Å². The third-order valence-electron chi connectivity index (χ3n) is 3.32. The van der Waals surface area contributed by atoms with Gasteiger partial charge >= 0.3 is 6.03 Å². The number of fused-ring (bicyclic) bond motifs is 1. The number of benzene rings is 1. The van der Waals surface area contributed by atoms with Crippen LogP contribution in [-0.4, -0.2) is 29.3 Å². The number of para-hydroxylation sites is 1. The lowest BCUT2D eigenvalue weighted by molar-refractivity contribution is 0.246. The normalized spacial score (nSPS) is 13.3. The number of carbonyl (C=O) groups is 1. The summed E-state index contributed by atoms with van der Waals surface area (Å²) in [7, 11) is 0. The van der Waals surface area contributed by atoms with Gasteiger partial charge in [0.15, 0.2) is 5.82 Å². The maximum Gasteiger partial charge on any atom is 0.321 e. The van der Waals surface area contributed by atoms with Crippen LogP contribution in [0.2, 0.25) is 0 Å². The van der Waals surface area contributed by atoms with Crippen LogP contribution >= 0.6 is 0 Å². The number of amides is 2. The Bertz CT molecular complexity index is 623. The molecule has 0 saturated carbocycles. The largest absolute Gasteiger partial charge is 0.339 e. The highest BCUT2D eigenvalue weighted by Gasteiger charge is 2.23. The molecular weight excluding hydrogens is 256 g/mol. The molecule has 1 aliphatic heterocycles. The summed E-state index contributed by atoms with van der Waals surface area (Å²) in [6.07, 6.45) is 1.45. The van der Waals surface area contributed by atoms with Gasteiger partial charge in [0.2, 0.25) is 5.89 Å². The van der Waals surface area contributed by atoms with E-state index < -0.39 is 0 Å². The van der Waals surface area contributed by atoms with Gasteiger partial charge in [0.05, 0.1) is 0 Å². The number of rotatable bonds is 3. The number of aryl methyl sites for hydroxylation is 1. The Morgan fingerprint density at radius 3 is 3.10 bits per heavy atom. The van der Waals surface area contributed by atoms with Crippen LogP contribution in [0.5, 0.6) is 0 Å². The van der Waals surface area contributed by atoms with Crippen molar-refractivity contribution in [1.29, 1.82) is 0 Å².